The summed E-state index contributed by atoms with van der Waals surface area (Å²) in [6, 6.07) is 12.9. The van der Waals surface area contributed by atoms with Crippen molar-refractivity contribution in [2.45, 2.75) is 19.0 Å². The summed E-state index contributed by atoms with van der Waals surface area (Å²) >= 11 is 7.09. The number of hydrogen-bond donors (Lipinski definition) is 1. The summed E-state index contributed by atoms with van der Waals surface area (Å²) in [7, 11) is 0. The fourth-order valence-electron chi connectivity index (χ4n) is 3.44. The molecule has 0 aliphatic heterocycles. The predicted octanol–water partition coefficient (Wildman–Crippen LogP) is 5.98. The van der Waals surface area contributed by atoms with Gasteiger partial charge in [0.2, 0.25) is 0 Å². The van der Waals surface area contributed by atoms with Gasteiger partial charge in [-0.3, -0.25) is 4.79 Å². The number of thiophene rings is 1. The number of fused-ring (bicyclic) bond motifs is 3. The van der Waals surface area contributed by atoms with E-state index in [1.807, 2.05) is 24.3 Å². The Hall–Kier alpha value is -2.84. The normalized spacial score (nSPS) is 12.6. The standard InChI is InChI=1S/C22H15ClF3NO3S/c23-16-7-3-6-15(22(24,25)26)19(16)27-18(28)11-30-21(29)17-10-13-9-8-12-4-1-2-5-14(12)20(13)31-17/h1-7,10H,8-9,11H2,(H,27,28). The highest BCUT2D eigenvalue weighted by atomic mass is 35.5. The van der Waals surface area contributed by atoms with Crippen LogP contribution in [0, 0.1) is 0 Å². The van der Waals surface area contributed by atoms with Crippen molar-refractivity contribution >= 4 is 40.5 Å². The van der Waals surface area contributed by atoms with Gasteiger partial charge in [-0.25, -0.2) is 4.79 Å². The summed E-state index contributed by atoms with van der Waals surface area (Å²) < 4.78 is 44.4. The first kappa shape index (κ1) is 21.4. The van der Waals surface area contributed by atoms with E-state index >= 15 is 0 Å². The van der Waals surface area contributed by atoms with Gasteiger partial charge in [-0.05, 0) is 47.7 Å². The van der Waals surface area contributed by atoms with Gasteiger partial charge >= 0.3 is 12.1 Å². The number of aryl methyl sites for hydroxylation is 2. The number of ether oxygens (including phenoxy) is 1. The zero-order chi connectivity index (χ0) is 22.2. The summed E-state index contributed by atoms with van der Waals surface area (Å²) in [5.41, 5.74) is 1.66. The summed E-state index contributed by atoms with van der Waals surface area (Å²) in [5.74, 6) is -1.62. The van der Waals surface area contributed by atoms with Crippen LogP contribution in [-0.2, 0) is 28.5 Å². The number of carbonyl (C=O) groups excluding carboxylic acids is 2. The lowest BCUT2D eigenvalue weighted by Crippen LogP contribution is -2.22. The molecule has 1 aliphatic rings. The first-order chi connectivity index (χ1) is 14.7. The Balaban J connectivity index is 1.44. The molecule has 0 spiro atoms. The number of carbonyl (C=O) groups is 2. The zero-order valence-electron chi connectivity index (χ0n) is 15.9. The molecule has 1 heterocycles. The maximum atomic E-state index is 13.1. The lowest BCUT2D eigenvalue weighted by molar-refractivity contribution is -0.137. The number of amides is 1. The van der Waals surface area contributed by atoms with Crippen molar-refractivity contribution in [3.8, 4) is 10.4 Å². The van der Waals surface area contributed by atoms with Gasteiger partial charge in [0.05, 0.1) is 16.3 Å². The highest BCUT2D eigenvalue weighted by Crippen LogP contribution is 2.40. The molecule has 0 saturated carbocycles. The van der Waals surface area contributed by atoms with Crippen molar-refractivity contribution in [2.75, 3.05) is 11.9 Å². The Kier molecular flexibility index (Phi) is 5.77. The maximum Gasteiger partial charge on any atom is 0.418 e. The number of alkyl halides is 3. The Morgan fingerprint density at radius 3 is 2.58 bits per heavy atom. The van der Waals surface area contributed by atoms with E-state index in [1.165, 1.54) is 23.0 Å². The zero-order valence-corrected chi connectivity index (χ0v) is 17.5. The van der Waals surface area contributed by atoms with Crippen LogP contribution in [0.3, 0.4) is 0 Å². The maximum absolute atomic E-state index is 13.1. The van der Waals surface area contributed by atoms with E-state index in [2.05, 4.69) is 5.32 Å². The van der Waals surface area contributed by atoms with Crippen LogP contribution in [0.5, 0.6) is 0 Å². The van der Waals surface area contributed by atoms with Crippen LogP contribution in [-0.4, -0.2) is 18.5 Å². The van der Waals surface area contributed by atoms with Crippen molar-refractivity contribution in [1.29, 1.82) is 0 Å². The number of anilines is 1. The topological polar surface area (TPSA) is 55.4 Å². The minimum absolute atomic E-state index is 0.265. The molecule has 1 amide bonds. The first-order valence-corrected chi connectivity index (χ1v) is 10.5. The Morgan fingerprint density at radius 2 is 1.81 bits per heavy atom. The first-order valence-electron chi connectivity index (χ1n) is 9.27. The van der Waals surface area contributed by atoms with E-state index in [9.17, 15) is 22.8 Å². The Morgan fingerprint density at radius 1 is 1.06 bits per heavy atom. The monoisotopic (exact) mass is 465 g/mol. The largest absolute Gasteiger partial charge is 0.451 e. The fourth-order valence-corrected chi connectivity index (χ4v) is 4.82. The molecule has 0 fully saturated rings. The smallest absolute Gasteiger partial charge is 0.418 e. The van der Waals surface area contributed by atoms with E-state index in [-0.39, 0.29) is 5.02 Å². The molecule has 31 heavy (non-hydrogen) atoms. The van der Waals surface area contributed by atoms with Gasteiger partial charge < -0.3 is 10.1 Å². The summed E-state index contributed by atoms with van der Waals surface area (Å²) in [5, 5.41) is 1.82. The summed E-state index contributed by atoms with van der Waals surface area (Å²) in [4.78, 5) is 25.9. The van der Waals surface area contributed by atoms with E-state index in [1.54, 1.807) is 6.07 Å². The highest BCUT2D eigenvalue weighted by Gasteiger charge is 2.35. The molecule has 2 aromatic carbocycles. The average Bonchev–Trinajstić information content (AvgIpc) is 3.18. The number of hydrogen-bond acceptors (Lipinski definition) is 4. The van der Waals surface area contributed by atoms with Crippen molar-refractivity contribution in [2.24, 2.45) is 0 Å². The van der Waals surface area contributed by atoms with Crippen LogP contribution in [0.15, 0.2) is 48.5 Å². The Bertz CT molecular complexity index is 1170. The second-order valence-electron chi connectivity index (χ2n) is 6.91. The third-order valence-electron chi connectivity index (χ3n) is 4.85. The molecule has 3 aromatic rings. The molecule has 1 N–H and O–H groups in total. The highest BCUT2D eigenvalue weighted by molar-refractivity contribution is 7.17. The molecule has 1 aliphatic carbocycles. The predicted molar refractivity (Wildman–Crippen MR) is 113 cm³/mol. The molecule has 4 nitrogen and oxygen atoms in total. The van der Waals surface area contributed by atoms with Gasteiger partial charge in [0.1, 0.15) is 4.88 Å². The van der Waals surface area contributed by atoms with E-state index < -0.39 is 35.9 Å². The van der Waals surface area contributed by atoms with E-state index in [0.29, 0.717) is 4.88 Å². The van der Waals surface area contributed by atoms with Crippen molar-refractivity contribution in [3.05, 3.63) is 75.1 Å². The number of benzene rings is 2. The SMILES string of the molecule is O=C(COC(=O)c1cc2c(s1)-c1ccccc1CC2)Nc1c(Cl)cccc1C(F)(F)F. The third kappa shape index (κ3) is 4.45. The van der Waals surface area contributed by atoms with Crippen molar-refractivity contribution in [1.82, 2.24) is 0 Å². The van der Waals surface area contributed by atoms with Gasteiger partial charge in [-0.15, -0.1) is 11.3 Å². The number of para-hydroxylation sites is 1. The second-order valence-corrected chi connectivity index (χ2v) is 8.37. The fraction of sp³-hybridized carbons (Fsp3) is 0.182. The lowest BCUT2D eigenvalue weighted by Gasteiger charge is -2.15. The number of halogens is 4. The quantitative estimate of drug-likeness (QED) is 0.482. The van der Waals surface area contributed by atoms with Gasteiger partial charge in [-0.1, -0.05) is 41.9 Å². The van der Waals surface area contributed by atoms with Gasteiger partial charge in [-0.2, -0.15) is 13.2 Å². The molecule has 0 bridgehead atoms. The van der Waals surface area contributed by atoms with Crippen LogP contribution in [0.25, 0.3) is 10.4 Å². The van der Waals surface area contributed by atoms with Crippen molar-refractivity contribution < 1.29 is 27.5 Å². The van der Waals surface area contributed by atoms with Crippen molar-refractivity contribution in [3.63, 3.8) is 0 Å². The minimum atomic E-state index is -4.70. The molecule has 160 valence electrons. The number of esters is 1. The number of rotatable bonds is 4. The molecule has 4 rings (SSSR count). The Labute approximate surface area is 184 Å². The molecule has 0 unspecified atom stereocenters. The van der Waals surface area contributed by atoms with Crippen LogP contribution in [0.4, 0.5) is 18.9 Å². The van der Waals surface area contributed by atoms with Gasteiger partial charge in [0.25, 0.3) is 5.91 Å². The molecule has 9 heteroatoms. The summed E-state index contributed by atoms with van der Waals surface area (Å²) in [6.07, 6.45) is -3.03. The third-order valence-corrected chi connectivity index (χ3v) is 6.36. The van der Waals surface area contributed by atoms with E-state index in [4.69, 9.17) is 16.3 Å². The lowest BCUT2D eigenvalue weighted by atomic mass is 9.91. The van der Waals surface area contributed by atoms with Crippen LogP contribution in [0.1, 0.15) is 26.4 Å². The summed E-state index contributed by atoms with van der Waals surface area (Å²) in [6.45, 7) is -0.736. The number of nitrogens with one attached hydrogen (secondary N) is 1. The molecule has 1 aromatic heterocycles. The molecule has 0 radical (unpaired) electrons. The van der Waals surface area contributed by atoms with Gasteiger partial charge in [0.15, 0.2) is 6.61 Å². The van der Waals surface area contributed by atoms with E-state index in [0.717, 1.165) is 41.0 Å². The molecular formula is C22H15ClF3NO3S. The molecule has 0 saturated heterocycles. The van der Waals surface area contributed by atoms with Crippen LogP contribution in [0.2, 0.25) is 5.02 Å². The van der Waals surface area contributed by atoms with Crippen LogP contribution < -0.4 is 5.32 Å². The average molecular weight is 466 g/mol. The molecule has 0 atom stereocenters. The minimum Gasteiger partial charge on any atom is -0.451 e. The molecular weight excluding hydrogens is 451 g/mol. The second kappa shape index (κ2) is 8.36. The van der Waals surface area contributed by atoms with Crippen LogP contribution >= 0.6 is 22.9 Å². The van der Waals surface area contributed by atoms with Gasteiger partial charge in [0, 0.05) is 4.88 Å².